The number of hydrogen-bond acceptors (Lipinski definition) is 5. The minimum Gasteiger partial charge on any atom is -0.481 e. The maximum atomic E-state index is 12.9. The molecular weight excluding hydrogens is 452 g/mol. The smallest absolute Gasteiger partial charge is 0.303 e. The molecule has 5 rings (SSSR count). The lowest BCUT2D eigenvalue weighted by atomic mass is 9.75. The molecule has 1 saturated heterocycles. The first-order valence-electron chi connectivity index (χ1n) is 13.6. The van der Waals surface area contributed by atoms with Crippen LogP contribution in [-0.2, 0) is 28.9 Å². The fourth-order valence-electron chi connectivity index (χ4n) is 6.21. The highest BCUT2D eigenvalue weighted by Crippen LogP contribution is 2.35. The second-order valence-corrected chi connectivity index (χ2v) is 10.8. The van der Waals surface area contributed by atoms with Crippen LogP contribution in [0.4, 0.5) is 11.5 Å². The third-order valence-electron chi connectivity index (χ3n) is 8.31. The number of rotatable bonds is 8. The molecule has 3 aliphatic rings. The first-order valence-corrected chi connectivity index (χ1v) is 13.6. The molecule has 7 nitrogen and oxygen atoms in total. The number of carbonyl (C=O) groups is 2. The lowest BCUT2D eigenvalue weighted by Crippen LogP contribution is -2.40. The highest BCUT2D eigenvalue weighted by molar-refractivity contribution is 5.76. The van der Waals surface area contributed by atoms with Crippen molar-refractivity contribution in [1.82, 2.24) is 9.88 Å². The lowest BCUT2D eigenvalue weighted by Gasteiger charge is -2.37. The topological polar surface area (TPSA) is 94.6 Å². The van der Waals surface area contributed by atoms with E-state index >= 15 is 0 Å². The van der Waals surface area contributed by atoms with E-state index in [2.05, 4.69) is 41.0 Å². The Morgan fingerprint density at radius 1 is 1.08 bits per heavy atom. The number of hydrogen-bond donors (Lipinski definition) is 3. The third-order valence-corrected chi connectivity index (χ3v) is 8.31. The van der Waals surface area contributed by atoms with E-state index in [-0.39, 0.29) is 18.2 Å². The predicted molar refractivity (Wildman–Crippen MR) is 141 cm³/mol. The number of carboxylic acids is 1. The number of carboxylic acid groups (broad SMARTS) is 1. The second-order valence-electron chi connectivity index (χ2n) is 10.8. The Balaban J connectivity index is 1.11. The van der Waals surface area contributed by atoms with Crippen LogP contribution in [0, 0.1) is 17.8 Å². The van der Waals surface area contributed by atoms with Gasteiger partial charge in [-0.05, 0) is 86.0 Å². The summed E-state index contributed by atoms with van der Waals surface area (Å²) in [6.07, 6.45) is 7.37. The van der Waals surface area contributed by atoms with E-state index in [0.29, 0.717) is 24.7 Å². The first-order chi connectivity index (χ1) is 17.5. The van der Waals surface area contributed by atoms with Crippen molar-refractivity contribution in [3.05, 3.63) is 53.2 Å². The summed E-state index contributed by atoms with van der Waals surface area (Å²) < 4.78 is 0. The number of amides is 1. The molecule has 0 aliphatic carbocycles. The quantitative estimate of drug-likeness (QED) is 0.509. The molecule has 1 aromatic heterocycles. The second kappa shape index (κ2) is 11.3. The molecule has 0 saturated carbocycles. The molecule has 36 heavy (non-hydrogen) atoms. The number of anilines is 2. The van der Waals surface area contributed by atoms with E-state index in [4.69, 9.17) is 4.98 Å². The van der Waals surface area contributed by atoms with Crippen molar-refractivity contribution in [2.24, 2.45) is 17.8 Å². The monoisotopic (exact) mass is 490 g/mol. The average molecular weight is 491 g/mol. The van der Waals surface area contributed by atoms with Crippen LogP contribution in [0.15, 0.2) is 36.4 Å². The maximum Gasteiger partial charge on any atom is 0.303 e. The van der Waals surface area contributed by atoms with Gasteiger partial charge >= 0.3 is 5.97 Å². The van der Waals surface area contributed by atoms with E-state index in [1.165, 1.54) is 16.8 Å². The van der Waals surface area contributed by atoms with Crippen LogP contribution in [0.25, 0.3) is 0 Å². The molecule has 1 amide bonds. The largest absolute Gasteiger partial charge is 0.481 e. The van der Waals surface area contributed by atoms with Crippen LogP contribution >= 0.6 is 0 Å². The fourth-order valence-corrected chi connectivity index (χ4v) is 6.21. The van der Waals surface area contributed by atoms with Gasteiger partial charge in [0, 0.05) is 50.4 Å². The van der Waals surface area contributed by atoms with E-state index in [0.717, 1.165) is 76.2 Å². The minimum atomic E-state index is -0.711. The summed E-state index contributed by atoms with van der Waals surface area (Å²) in [5, 5.41) is 16.5. The Morgan fingerprint density at radius 3 is 2.75 bits per heavy atom. The van der Waals surface area contributed by atoms with Crippen LogP contribution < -0.4 is 10.6 Å². The minimum absolute atomic E-state index is 0.152. The number of aliphatic carboxylic acids is 1. The van der Waals surface area contributed by atoms with E-state index < -0.39 is 5.97 Å². The van der Waals surface area contributed by atoms with Crippen LogP contribution in [-0.4, -0.2) is 53.0 Å². The number of nitrogens with one attached hydrogen (secondary N) is 2. The molecule has 2 aromatic rings. The summed E-state index contributed by atoms with van der Waals surface area (Å²) in [7, 11) is 0. The summed E-state index contributed by atoms with van der Waals surface area (Å²) in [6.45, 7) is 3.34. The van der Waals surface area contributed by atoms with Crippen molar-refractivity contribution in [3.63, 3.8) is 0 Å². The highest BCUT2D eigenvalue weighted by atomic mass is 16.4. The Bertz CT molecular complexity index is 1080. The van der Waals surface area contributed by atoms with Gasteiger partial charge in [0.25, 0.3) is 0 Å². The van der Waals surface area contributed by atoms with Gasteiger partial charge in [-0.3, -0.25) is 9.59 Å². The molecule has 192 valence electrons. The van der Waals surface area contributed by atoms with Crippen molar-refractivity contribution >= 4 is 23.4 Å². The van der Waals surface area contributed by atoms with Gasteiger partial charge in [0.05, 0.1) is 0 Å². The van der Waals surface area contributed by atoms with E-state index in [1.54, 1.807) is 0 Å². The highest BCUT2D eigenvalue weighted by Gasteiger charge is 2.32. The summed E-state index contributed by atoms with van der Waals surface area (Å²) in [4.78, 5) is 31.3. The fraction of sp³-hybridized carbons (Fsp3) is 0.552. The standard InChI is InChI=1S/C29H38N4O3/c34-27(10-9-25-8-7-21-5-3-13-30-29(21)32-25)33-14-11-20(12-15-33)16-23(18-28(35)36)24-17-22-4-1-2-6-26(22)31-19-24/h1-2,4,6-8,20,23-24,31H,3,5,9-19H2,(H,30,32)(H,35,36)/t23-,24+/m0/s1. The first kappa shape index (κ1) is 24.6. The van der Waals surface area contributed by atoms with E-state index in [1.807, 2.05) is 11.0 Å². The van der Waals surface area contributed by atoms with Gasteiger partial charge in [0.2, 0.25) is 5.91 Å². The summed E-state index contributed by atoms with van der Waals surface area (Å²) >= 11 is 0. The Labute approximate surface area is 213 Å². The molecule has 0 bridgehead atoms. The molecule has 0 radical (unpaired) electrons. The van der Waals surface area contributed by atoms with Crippen LogP contribution in [0.5, 0.6) is 0 Å². The van der Waals surface area contributed by atoms with Crippen molar-refractivity contribution in [3.8, 4) is 0 Å². The number of carbonyl (C=O) groups excluding carboxylic acids is 1. The zero-order valence-corrected chi connectivity index (χ0v) is 21.0. The van der Waals surface area contributed by atoms with Crippen LogP contribution in [0.3, 0.4) is 0 Å². The van der Waals surface area contributed by atoms with Gasteiger partial charge in [-0.1, -0.05) is 24.3 Å². The molecule has 1 fully saturated rings. The molecule has 0 spiro atoms. The lowest BCUT2D eigenvalue weighted by molar-refractivity contribution is -0.138. The number of pyridine rings is 1. The predicted octanol–water partition coefficient (Wildman–Crippen LogP) is 4.38. The Morgan fingerprint density at radius 2 is 1.92 bits per heavy atom. The zero-order chi connectivity index (χ0) is 24.9. The molecule has 4 heterocycles. The normalized spacial score (nSPS) is 20.4. The van der Waals surface area contributed by atoms with Crippen molar-refractivity contribution in [2.75, 3.05) is 36.8 Å². The van der Waals surface area contributed by atoms with Gasteiger partial charge < -0.3 is 20.6 Å². The summed E-state index contributed by atoms with van der Waals surface area (Å²) in [5.74, 6) is 1.44. The summed E-state index contributed by atoms with van der Waals surface area (Å²) in [6, 6.07) is 12.5. The van der Waals surface area contributed by atoms with Crippen molar-refractivity contribution in [1.29, 1.82) is 0 Å². The number of benzene rings is 1. The molecule has 2 atom stereocenters. The molecule has 7 heteroatoms. The molecule has 0 unspecified atom stereocenters. The van der Waals surface area contributed by atoms with Gasteiger partial charge in [-0.25, -0.2) is 4.98 Å². The molecule has 1 aromatic carbocycles. The molecule has 3 aliphatic heterocycles. The van der Waals surface area contributed by atoms with Crippen molar-refractivity contribution < 1.29 is 14.7 Å². The number of piperidine rings is 1. The number of fused-ring (bicyclic) bond motifs is 2. The number of para-hydroxylation sites is 1. The SMILES string of the molecule is O=C(O)C[C@H](CC1CCN(C(=O)CCc2ccc3c(n2)NCCC3)CC1)[C@H]1CNc2ccccc2C1. The van der Waals surface area contributed by atoms with Gasteiger partial charge in [-0.2, -0.15) is 0 Å². The maximum absolute atomic E-state index is 12.9. The average Bonchev–Trinajstić information content (AvgIpc) is 2.91. The van der Waals surface area contributed by atoms with Crippen molar-refractivity contribution in [2.45, 2.75) is 57.8 Å². The number of likely N-dealkylation sites (tertiary alicyclic amines) is 1. The van der Waals surface area contributed by atoms with Crippen LogP contribution in [0.1, 0.15) is 55.3 Å². The Hall–Kier alpha value is -3.09. The van der Waals surface area contributed by atoms with E-state index in [9.17, 15) is 14.7 Å². The summed E-state index contributed by atoms with van der Waals surface area (Å²) in [5.41, 5.74) is 4.71. The van der Waals surface area contributed by atoms with Gasteiger partial charge in [-0.15, -0.1) is 0 Å². The molecule has 3 N–H and O–H groups in total. The number of nitrogens with zero attached hydrogens (tertiary/aromatic N) is 2. The zero-order valence-electron chi connectivity index (χ0n) is 21.0. The van der Waals surface area contributed by atoms with Crippen LogP contribution in [0.2, 0.25) is 0 Å². The molecular formula is C29H38N4O3. The number of aryl methyl sites for hydroxylation is 2. The Kier molecular flexibility index (Phi) is 7.73. The van der Waals surface area contributed by atoms with Gasteiger partial charge in [0.15, 0.2) is 0 Å². The number of aromatic nitrogens is 1. The third kappa shape index (κ3) is 6.00. The van der Waals surface area contributed by atoms with Gasteiger partial charge in [0.1, 0.15) is 5.82 Å².